The molecule has 3 heterocycles. The minimum absolute atomic E-state index is 0.0405. The third kappa shape index (κ3) is 5.73. The maximum Gasteiger partial charge on any atom is 0.416 e. The first-order valence-corrected chi connectivity index (χ1v) is 11.7. The van der Waals surface area contributed by atoms with Crippen LogP contribution in [0.4, 0.5) is 19.0 Å². The van der Waals surface area contributed by atoms with E-state index in [9.17, 15) is 18.0 Å². The van der Waals surface area contributed by atoms with Crippen molar-refractivity contribution in [1.29, 1.82) is 0 Å². The molecule has 0 aliphatic carbocycles. The molecule has 1 saturated heterocycles. The van der Waals surface area contributed by atoms with Crippen LogP contribution in [0.25, 0.3) is 22.4 Å². The highest BCUT2D eigenvalue weighted by Crippen LogP contribution is 2.37. The van der Waals surface area contributed by atoms with Crippen molar-refractivity contribution >= 4 is 23.3 Å². The Morgan fingerprint density at radius 3 is 2.37 bits per heavy atom. The molecule has 1 N–H and O–H groups in total. The lowest BCUT2D eigenvalue weighted by Gasteiger charge is -2.33. The van der Waals surface area contributed by atoms with E-state index in [-0.39, 0.29) is 17.9 Å². The van der Waals surface area contributed by atoms with E-state index in [1.165, 1.54) is 18.3 Å². The Kier molecular flexibility index (Phi) is 7.25. The van der Waals surface area contributed by atoms with Crippen LogP contribution < -0.4 is 10.2 Å². The molecular weight excluding hydrogens is 479 g/mol. The van der Waals surface area contributed by atoms with Crippen molar-refractivity contribution in [1.82, 2.24) is 20.5 Å². The van der Waals surface area contributed by atoms with Gasteiger partial charge in [-0.25, -0.2) is 0 Å². The molecule has 0 radical (unpaired) electrons. The first-order valence-electron chi connectivity index (χ1n) is 11.3. The number of benzene rings is 1. The topological polar surface area (TPSA) is 71.0 Å². The lowest BCUT2D eigenvalue weighted by Crippen LogP contribution is -2.46. The molecule has 1 aliphatic rings. The van der Waals surface area contributed by atoms with Gasteiger partial charge >= 0.3 is 6.18 Å². The van der Waals surface area contributed by atoms with E-state index in [1.807, 2.05) is 19.9 Å². The Morgan fingerprint density at radius 2 is 1.77 bits per heavy atom. The number of nitrogens with zero attached hydrogens (tertiary/aromatic N) is 4. The first kappa shape index (κ1) is 24.9. The molecule has 0 spiro atoms. The molecule has 4 rings (SSSR count). The molecule has 1 fully saturated rings. The summed E-state index contributed by atoms with van der Waals surface area (Å²) < 4.78 is 39.1. The summed E-state index contributed by atoms with van der Waals surface area (Å²) in [7, 11) is 0. The second-order valence-electron chi connectivity index (χ2n) is 8.82. The molecule has 2 aromatic heterocycles. The molecule has 3 aromatic rings. The number of alkyl halides is 3. The molecule has 1 aliphatic heterocycles. The monoisotopic (exact) mass is 503 g/mol. The molecule has 6 nitrogen and oxygen atoms in total. The van der Waals surface area contributed by atoms with Gasteiger partial charge in [0, 0.05) is 54.1 Å². The van der Waals surface area contributed by atoms with Gasteiger partial charge in [-0.3, -0.25) is 9.78 Å². The number of anilines is 1. The summed E-state index contributed by atoms with van der Waals surface area (Å²) >= 11 is 6.42. The highest BCUT2D eigenvalue weighted by Gasteiger charge is 2.30. The van der Waals surface area contributed by atoms with E-state index in [0.29, 0.717) is 46.3 Å². The molecular formula is C25H25ClF3N5O. The van der Waals surface area contributed by atoms with Crippen LogP contribution in [-0.2, 0) is 11.0 Å². The normalized spacial score (nSPS) is 14.9. The molecule has 10 heteroatoms. The van der Waals surface area contributed by atoms with Crippen molar-refractivity contribution in [2.75, 3.05) is 18.0 Å². The second kappa shape index (κ2) is 10.2. The first-order chi connectivity index (χ1) is 16.6. The van der Waals surface area contributed by atoms with Gasteiger partial charge in [-0.1, -0.05) is 37.6 Å². The number of aromatic nitrogens is 3. The van der Waals surface area contributed by atoms with Gasteiger partial charge in [-0.15, -0.1) is 10.2 Å². The fourth-order valence-electron chi connectivity index (χ4n) is 3.99. The van der Waals surface area contributed by atoms with Gasteiger partial charge in [0.2, 0.25) is 5.91 Å². The number of pyridine rings is 1. The lowest BCUT2D eigenvalue weighted by atomic mass is 9.99. The highest BCUT2D eigenvalue weighted by molar-refractivity contribution is 6.33. The predicted octanol–water partition coefficient (Wildman–Crippen LogP) is 5.62. The van der Waals surface area contributed by atoms with Crippen LogP contribution in [0.1, 0.15) is 32.3 Å². The van der Waals surface area contributed by atoms with Crippen molar-refractivity contribution in [2.24, 2.45) is 5.92 Å². The second-order valence-corrected chi connectivity index (χ2v) is 9.23. The summed E-state index contributed by atoms with van der Waals surface area (Å²) in [6, 6.07) is 8.52. The minimum atomic E-state index is -4.42. The third-order valence-electron chi connectivity index (χ3n) is 6.02. The summed E-state index contributed by atoms with van der Waals surface area (Å²) in [5, 5.41) is 12.3. The van der Waals surface area contributed by atoms with Crippen molar-refractivity contribution < 1.29 is 18.0 Å². The Bertz CT molecular complexity index is 1190. The zero-order valence-electron chi connectivity index (χ0n) is 19.3. The molecule has 1 aromatic carbocycles. The lowest BCUT2D eigenvalue weighted by molar-refractivity contribution is -0.137. The minimum Gasteiger partial charge on any atom is -0.355 e. The number of piperidine rings is 1. The summed E-state index contributed by atoms with van der Waals surface area (Å²) in [6.07, 6.45) is 0.224. The van der Waals surface area contributed by atoms with Gasteiger partial charge in [0.25, 0.3) is 0 Å². The standard InChI is InChI=1S/C25H25ClF3N5O/c1-15(2)24(35)31-18-8-11-34(12-9-18)22-13-20(19-7-10-30-14-21(19)26)23(33-32-22)16-3-5-17(6-4-16)25(27,28)29/h3-7,10,13-15,18H,8-9,11-12H2,1-2H3,(H,31,35). The van der Waals surface area contributed by atoms with Crippen LogP contribution in [0.5, 0.6) is 0 Å². The molecule has 35 heavy (non-hydrogen) atoms. The van der Waals surface area contributed by atoms with Gasteiger partial charge in [-0.05, 0) is 37.1 Å². The fraction of sp³-hybridized carbons (Fsp3) is 0.360. The molecule has 0 atom stereocenters. The number of nitrogens with one attached hydrogen (secondary N) is 1. The molecule has 1 amide bonds. The third-order valence-corrected chi connectivity index (χ3v) is 6.32. The average Bonchev–Trinajstić information content (AvgIpc) is 2.84. The molecule has 0 saturated carbocycles. The Balaban J connectivity index is 1.64. The van der Waals surface area contributed by atoms with Crippen molar-refractivity contribution in [3.8, 4) is 22.4 Å². The van der Waals surface area contributed by atoms with Gasteiger partial charge < -0.3 is 10.2 Å². The van der Waals surface area contributed by atoms with Crippen LogP contribution in [0.15, 0.2) is 48.8 Å². The Labute approximate surface area is 206 Å². The average molecular weight is 504 g/mol. The van der Waals surface area contributed by atoms with E-state index < -0.39 is 11.7 Å². The maximum absolute atomic E-state index is 13.0. The van der Waals surface area contributed by atoms with E-state index in [4.69, 9.17) is 11.6 Å². The number of carbonyl (C=O) groups is 1. The maximum atomic E-state index is 13.0. The van der Waals surface area contributed by atoms with E-state index in [1.54, 1.807) is 12.3 Å². The number of rotatable bonds is 5. The summed E-state index contributed by atoms with van der Waals surface area (Å²) in [4.78, 5) is 18.1. The predicted molar refractivity (Wildman–Crippen MR) is 129 cm³/mol. The highest BCUT2D eigenvalue weighted by atomic mass is 35.5. The smallest absolute Gasteiger partial charge is 0.355 e. The number of hydrogen-bond acceptors (Lipinski definition) is 5. The van der Waals surface area contributed by atoms with Gasteiger partial charge in [-0.2, -0.15) is 13.2 Å². The number of hydrogen-bond donors (Lipinski definition) is 1. The van der Waals surface area contributed by atoms with Gasteiger partial charge in [0.15, 0.2) is 5.82 Å². The van der Waals surface area contributed by atoms with Crippen molar-refractivity contribution in [3.05, 3.63) is 59.4 Å². The van der Waals surface area contributed by atoms with Crippen LogP contribution in [0.2, 0.25) is 5.02 Å². The van der Waals surface area contributed by atoms with Gasteiger partial charge in [0.05, 0.1) is 10.6 Å². The molecule has 0 unspecified atom stereocenters. The number of carbonyl (C=O) groups excluding carboxylic acids is 1. The van der Waals surface area contributed by atoms with E-state index in [2.05, 4.69) is 25.4 Å². The van der Waals surface area contributed by atoms with E-state index in [0.717, 1.165) is 25.0 Å². The van der Waals surface area contributed by atoms with Crippen molar-refractivity contribution in [3.63, 3.8) is 0 Å². The van der Waals surface area contributed by atoms with Crippen LogP contribution in [-0.4, -0.2) is 40.2 Å². The quantitative estimate of drug-likeness (QED) is 0.489. The zero-order chi connectivity index (χ0) is 25.2. The van der Waals surface area contributed by atoms with Crippen LogP contribution in [0.3, 0.4) is 0 Å². The summed E-state index contributed by atoms with van der Waals surface area (Å²) in [6.45, 7) is 5.09. The Morgan fingerprint density at radius 1 is 1.09 bits per heavy atom. The Hall–Kier alpha value is -3.20. The SMILES string of the molecule is CC(C)C(=O)NC1CCN(c2cc(-c3ccncc3Cl)c(-c3ccc(C(F)(F)F)cc3)nn2)CC1. The number of halogens is 4. The molecule has 184 valence electrons. The molecule has 0 bridgehead atoms. The van der Waals surface area contributed by atoms with E-state index >= 15 is 0 Å². The van der Waals surface area contributed by atoms with Crippen molar-refractivity contribution in [2.45, 2.75) is 38.9 Å². The van der Waals surface area contributed by atoms with Gasteiger partial charge in [0.1, 0.15) is 5.69 Å². The van der Waals surface area contributed by atoms with Crippen LogP contribution >= 0.6 is 11.6 Å². The fourth-order valence-corrected chi connectivity index (χ4v) is 4.21. The largest absolute Gasteiger partial charge is 0.416 e. The number of amides is 1. The zero-order valence-corrected chi connectivity index (χ0v) is 20.1. The summed E-state index contributed by atoms with van der Waals surface area (Å²) in [5.74, 6) is 0.611. The summed E-state index contributed by atoms with van der Waals surface area (Å²) in [5.41, 5.74) is 1.50. The van der Waals surface area contributed by atoms with Crippen LogP contribution in [0, 0.1) is 5.92 Å².